The maximum atomic E-state index is 13.4. The van der Waals surface area contributed by atoms with E-state index in [0.717, 1.165) is 25.7 Å². The summed E-state index contributed by atoms with van der Waals surface area (Å²) >= 11 is 0. The topological polar surface area (TPSA) is 44.8 Å². The molecule has 0 N–H and O–H groups in total. The van der Waals surface area contributed by atoms with E-state index in [2.05, 4.69) is 127 Å². The Hall–Kier alpha value is -2.00. The summed E-state index contributed by atoms with van der Waals surface area (Å²) in [5.41, 5.74) is 0. The third kappa shape index (κ3) is 7.04. The van der Waals surface area contributed by atoms with Crippen LogP contribution in [0.5, 0.6) is 0 Å². The first-order valence-electron chi connectivity index (χ1n) is 16.0. The van der Waals surface area contributed by atoms with Crippen LogP contribution >= 0.6 is 0 Å². The molecule has 0 aromatic heterocycles. The molecule has 1 aliphatic carbocycles. The van der Waals surface area contributed by atoms with Crippen molar-refractivity contribution in [2.24, 2.45) is 11.8 Å². The van der Waals surface area contributed by atoms with Crippen LogP contribution in [0, 0.1) is 11.8 Å². The van der Waals surface area contributed by atoms with Crippen LogP contribution in [0.2, 0.25) is 23.2 Å². The number of carbonyl (C=O) groups excluding carboxylic acids is 1. The monoisotopic (exact) mass is 606 g/mol. The zero-order valence-electron chi connectivity index (χ0n) is 27.5. The molecule has 1 fully saturated rings. The lowest BCUT2D eigenvalue weighted by atomic mass is 9.74. The first-order chi connectivity index (χ1) is 19.7. The normalized spacial score (nSPS) is 26.3. The lowest BCUT2D eigenvalue weighted by Gasteiger charge is -2.50. The van der Waals surface area contributed by atoms with E-state index in [9.17, 15) is 4.79 Å². The highest BCUT2D eigenvalue weighted by Crippen LogP contribution is 2.45. The number of cyclic esters (lactones) is 1. The molecule has 2 aromatic carbocycles. The zero-order chi connectivity index (χ0) is 30.8. The van der Waals surface area contributed by atoms with Crippen LogP contribution in [0.4, 0.5) is 0 Å². The molecule has 1 heterocycles. The number of esters is 1. The molecule has 0 amide bonds. The first-order valence-corrected chi connectivity index (χ1v) is 20.8. The maximum Gasteiger partial charge on any atom is 0.306 e. The SMILES string of the molecule is C[C@@H]1CCCC[C@@H]2[C@@H](CC(=O)O1)[C@@H](O[Si](c1ccccc1)(c1ccccc1)C(C)(C)C)C=C[C@H]2O[Si](C)(C)C(C)(C)C. The van der Waals surface area contributed by atoms with Crippen LogP contribution in [0.15, 0.2) is 72.8 Å². The summed E-state index contributed by atoms with van der Waals surface area (Å²) in [6.07, 6.45) is 8.65. The predicted molar refractivity (Wildman–Crippen MR) is 179 cm³/mol. The van der Waals surface area contributed by atoms with Gasteiger partial charge in [0.05, 0.1) is 24.7 Å². The molecule has 5 atom stereocenters. The van der Waals surface area contributed by atoms with Crippen LogP contribution in [-0.4, -0.2) is 40.9 Å². The molecule has 1 aliphatic heterocycles. The van der Waals surface area contributed by atoms with Crippen molar-refractivity contribution in [3.05, 3.63) is 72.8 Å². The Morgan fingerprint density at radius 1 is 0.714 bits per heavy atom. The lowest BCUT2D eigenvalue weighted by Crippen LogP contribution is -2.68. The fourth-order valence-corrected chi connectivity index (χ4v) is 12.6. The number of hydrogen-bond donors (Lipinski definition) is 0. The minimum absolute atomic E-state index is 0.0239. The van der Waals surface area contributed by atoms with Gasteiger partial charge in [0.2, 0.25) is 0 Å². The van der Waals surface area contributed by atoms with E-state index in [1.807, 2.05) is 6.92 Å². The number of ether oxygens (including phenoxy) is 1. The largest absolute Gasteiger partial charge is 0.463 e. The van der Waals surface area contributed by atoms with Crippen LogP contribution in [0.25, 0.3) is 0 Å². The van der Waals surface area contributed by atoms with Crippen LogP contribution in [0.3, 0.4) is 0 Å². The van der Waals surface area contributed by atoms with E-state index in [-0.39, 0.29) is 46.2 Å². The van der Waals surface area contributed by atoms with Gasteiger partial charge in [-0.2, -0.15) is 0 Å². The van der Waals surface area contributed by atoms with Crippen LogP contribution in [0.1, 0.15) is 80.6 Å². The third-order valence-corrected chi connectivity index (χ3v) is 19.5. The van der Waals surface area contributed by atoms with Crippen LogP contribution in [-0.2, 0) is 18.4 Å². The van der Waals surface area contributed by atoms with Crippen molar-refractivity contribution in [3.8, 4) is 0 Å². The van der Waals surface area contributed by atoms with Crippen molar-refractivity contribution in [2.45, 2.75) is 122 Å². The summed E-state index contributed by atoms with van der Waals surface area (Å²) in [6.45, 7) is 20.5. The molecule has 2 aliphatic rings. The maximum absolute atomic E-state index is 13.4. The number of rotatable bonds is 6. The molecule has 4 rings (SSSR count). The number of hydrogen-bond acceptors (Lipinski definition) is 4. The van der Waals surface area contributed by atoms with E-state index >= 15 is 0 Å². The Morgan fingerprint density at radius 2 is 1.21 bits per heavy atom. The molecule has 0 saturated carbocycles. The summed E-state index contributed by atoms with van der Waals surface area (Å²) < 4.78 is 20.7. The molecule has 1 saturated heterocycles. The molecular formula is C36H54O4Si2. The number of carbonyl (C=O) groups is 1. The van der Waals surface area contributed by atoms with Gasteiger partial charge in [-0.1, -0.05) is 121 Å². The molecule has 42 heavy (non-hydrogen) atoms. The van der Waals surface area contributed by atoms with E-state index in [1.54, 1.807) is 0 Å². The fraction of sp³-hybridized carbons (Fsp3) is 0.583. The summed E-state index contributed by atoms with van der Waals surface area (Å²) in [5.74, 6) is 0.0503. The Bertz CT molecular complexity index is 1160. The summed E-state index contributed by atoms with van der Waals surface area (Å²) in [6, 6.07) is 21.6. The third-order valence-electron chi connectivity index (χ3n) is 9.98. The van der Waals surface area contributed by atoms with Gasteiger partial charge in [0.15, 0.2) is 8.32 Å². The Kier molecular flexibility index (Phi) is 10.1. The van der Waals surface area contributed by atoms with Crippen molar-refractivity contribution in [3.63, 3.8) is 0 Å². The van der Waals surface area contributed by atoms with Gasteiger partial charge >= 0.3 is 5.97 Å². The molecule has 230 valence electrons. The van der Waals surface area contributed by atoms with E-state index < -0.39 is 16.6 Å². The Labute approximate surface area is 257 Å². The van der Waals surface area contributed by atoms with Crippen molar-refractivity contribution in [1.82, 2.24) is 0 Å². The second kappa shape index (κ2) is 12.9. The van der Waals surface area contributed by atoms with Crippen LogP contribution < -0.4 is 10.4 Å². The average Bonchev–Trinajstić information content (AvgIpc) is 2.91. The standard InChI is InChI=1S/C36H54O4Si2/c1-27-18-16-17-23-30-31(26-34(37)38-27)33(25-24-32(30)39-41(8,9)35(2,3)4)40-42(36(5,6)7,28-19-12-10-13-20-28)29-21-14-11-15-22-29/h10-15,19-22,24-25,27,30-33H,16-18,23,26H2,1-9H3/t27-,30-,31-,32-,33+/m1/s1. The zero-order valence-corrected chi connectivity index (χ0v) is 29.5. The van der Waals surface area contributed by atoms with E-state index in [0.29, 0.717) is 6.42 Å². The molecule has 0 radical (unpaired) electrons. The number of benzene rings is 2. The Balaban J connectivity index is 1.84. The predicted octanol–water partition coefficient (Wildman–Crippen LogP) is 8.02. The molecule has 0 bridgehead atoms. The molecule has 2 aromatic rings. The quantitative estimate of drug-likeness (QED) is 0.190. The molecule has 0 spiro atoms. The highest BCUT2D eigenvalue weighted by Gasteiger charge is 2.54. The highest BCUT2D eigenvalue weighted by atomic mass is 28.4. The summed E-state index contributed by atoms with van der Waals surface area (Å²) in [7, 11) is -4.89. The lowest BCUT2D eigenvalue weighted by molar-refractivity contribution is -0.152. The number of fused-ring (bicyclic) bond motifs is 1. The molecule has 4 nitrogen and oxygen atoms in total. The van der Waals surface area contributed by atoms with Gasteiger partial charge in [-0.3, -0.25) is 4.79 Å². The van der Waals surface area contributed by atoms with Gasteiger partial charge in [-0.25, -0.2) is 0 Å². The van der Waals surface area contributed by atoms with E-state index in [4.69, 9.17) is 13.6 Å². The van der Waals surface area contributed by atoms with Gasteiger partial charge in [-0.15, -0.1) is 0 Å². The Morgan fingerprint density at radius 3 is 1.71 bits per heavy atom. The first kappa shape index (κ1) is 32.9. The van der Waals surface area contributed by atoms with Crippen molar-refractivity contribution < 1.29 is 18.4 Å². The van der Waals surface area contributed by atoms with Crippen molar-refractivity contribution >= 4 is 33.0 Å². The van der Waals surface area contributed by atoms with Crippen molar-refractivity contribution in [2.75, 3.05) is 0 Å². The summed E-state index contributed by atoms with van der Waals surface area (Å²) in [5, 5.41) is 2.45. The highest BCUT2D eigenvalue weighted by molar-refractivity contribution is 6.99. The average molecular weight is 607 g/mol. The van der Waals surface area contributed by atoms with E-state index in [1.165, 1.54) is 10.4 Å². The van der Waals surface area contributed by atoms with Crippen molar-refractivity contribution in [1.29, 1.82) is 0 Å². The molecule has 0 unspecified atom stereocenters. The van der Waals surface area contributed by atoms with Gasteiger partial charge in [0, 0.05) is 5.92 Å². The minimum atomic E-state index is -2.83. The summed E-state index contributed by atoms with van der Waals surface area (Å²) in [4.78, 5) is 13.4. The minimum Gasteiger partial charge on any atom is -0.463 e. The smallest absolute Gasteiger partial charge is 0.306 e. The van der Waals surface area contributed by atoms with Gasteiger partial charge in [0.1, 0.15) is 0 Å². The second-order valence-corrected chi connectivity index (χ2v) is 24.1. The molecule has 6 heteroatoms. The molecular weight excluding hydrogens is 553 g/mol. The van der Waals surface area contributed by atoms with Gasteiger partial charge in [0.25, 0.3) is 8.32 Å². The second-order valence-electron chi connectivity index (χ2n) is 15.1. The van der Waals surface area contributed by atoms with Gasteiger partial charge < -0.3 is 13.6 Å². The van der Waals surface area contributed by atoms with Gasteiger partial charge in [-0.05, 0) is 65.6 Å². The fourth-order valence-electron chi connectivity index (χ4n) is 6.64.